The number of pyridine rings is 1. The molecule has 4 heterocycles. The van der Waals surface area contributed by atoms with Gasteiger partial charge in [0.1, 0.15) is 18.1 Å². The minimum Gasteiger partial charge on any atom is -0.494 e. The van der Waals surface area contributed by atoms with Gasteiger partial charge in [0.15, 0.2) is 0 Å². The van der Waals surface area contributed by atoms with Crippen LogP contribution in [0.2, 0.25) is 0 Å². The molecule has 2 aromatic carbocycles. The molecule has 45 heavy (non-hydrogen) atoms. The Morgan fingerprint density at radius 2 is 1.67 bits per heavy atom. The Bertz CT molecular complexity index is 1350. The van der Waals surface area contributed by atoms with Crippen molar-refractivity contribution < 1.29 is 14.3 Å². The number of hydrogen-bond donors (Lipinski definition) is 0. The highest BCUT2D eigenvalue weighted by Crippen LogP contribution is 2.39. The monoisotopic (exact) mass is 610 g/mol. The molecule has 7 heteroatoms. The molecule has 7 nitrogen and oxygen atoms in total. The van der Waals surface area contributed by atoms with Crippen LogP contribution >= 0.6 is 0 Å². The van der Waals surface area contributed by atoms with Gasteiger partial charge in [0.25, 0.3) is 5.91 Å². The minimum absolute atomic E-state index is 0.124. The topological polar surface area (TPSA) is 58.1 Å². The first-order valence-corrected chi connectivity index (χ1v) is 17.2. The van der Waals surface area contributed by atoms with Crippen LogP contribution in [0.3, 0.4) is 0 Å². The average Bonchev–Trinajstić information content (AvgIpc) is 3.60. The summed E-state index contributed by atoms with van der Waals surface area (Å²) in [6.45, 7) is 9.22. The summed E-state index contributed by atoms with van der Waals surface area (Å²) < 4.78 is 12.4. The molecule has 0 atom stereocenters. The molecule has 2 fully saturated rings. The maximum atomic E-state index is 13.7. The molecular formula is C38H50N4O3. The van der Waals surface area contributed by atoms with Gasteiger partial charge in [-0.1, -0.05) is 30.7 Å². The van der Waals surface area contributed by atoms with Crippen molar-refractivity contribution in [2.45, 2.75) is 64.3 Å². The van der Waals surface area contributed by atoms with E-state index in [0.29, 0.717) is 13.2 Å². The zero-order chi connectivity index (χ0) is 30.7. The van der Waals surface area contributed by atoms with E-state index in [4.69, 9.17) is 9.47 Å². The summed E-state index contributed by atoms with van der Waals surface area (Å²) in [5, 5.41) is 0. The van der Waals surface area contributed by atoms with Crippen LogP contribution in [-0.4, -0.2) is 84.6 Å². The number of para-hydroxylation sites is 1. The van der Waals surface area contributed by atoms with Gasteiger partial charge in [-0.3, -0.25) is 14.7 Å². The SMILES string of the molecule is O=C(c1cccc(OCCCN2CCCC2)c1)N1CCC2(CCCCc3ccccc3OCCN(Cc3ccncc3)C2)CC1. The van der Waals surface area contributed by atoms with E-state index in [1.165, 1.54) is 49.9 Å². The molecule has 0 unspecified atom stereocenters. The zero-order valence-corrected chi connectivity index (χ0v) is 26.9. The molecule has 240 valence electrons. The first kappa shape index (κ1) is 31.6. The summed E-state index contributed by atoms with van der Waals surface area (Å²) in [4.78, 5) is 25.1. The van der Waals surface area contributed by atoms with Crippen molar-refractivity contribution in [1.82, 2.24) is 19.7 Å². The Kier molecular flexibility index (Phi) is 11.0. The van der Waals surface area contributed by atoms with E-state index in [9.17, 15) is 4.79 Å². The smallest absolute Gasteiger partial charge is 0.253 e. The lowest BCUT2D eigenvalue weighted by atomic mass is 9.73. The van der Waals surface area contributed by atoms with Crippen molar-refractivity contribution in [3.63, 3.8) is 0 Å². The third-order valence-corrected chi connectivity index (χ3v) is 10.0. The second-order valence-corrected chi connectivity index (χ2v) is 13.3. The van der Waals surface area contributed by atoms with Crippen LogP contribution < -0.4 is 9.47 Å². The van der Waals surface area contributed by atoms with Crippen molar-refractivity contribution in [3.05, 3.63) is 89.7 Å². The number of carbonyl (C=O) groups is 1. The second-order valence-electron chi connectivity index (χ2n) is 13.3. The highest BCUT2D eigenvalue weighted by Gasteiger charge is 2.37. The van der Waals surface area contributed by atoms with E-state index in [1.54, 1.807) is 0 Å². The van der Waals surface area contributed by atoms with Gasteiger partial charge in [-0.05, 0) is 117 Å². The number of ether oxygens (including phenoxy) is 2. The number of carbonyl (C=O) groups excluding carboxylic acids is 1. The number of rotatable bonds is 8. The van der Waals surface area contributed by atoms with E-state index in [0.717, 1.165) is 88.4 Å². The first-order valence-electron chi connectivity index (χ1n) is 17.2. The summed E-state index contributed by atoms with van der Waals surface area (Å²) in [5.74, 6) is 1.95. The lowest BCUT2D eigenvalue weighted by molar-refractivity contribution is 0.0361. The highest BCUT2D eigenvalue weighted by molar-refractivity contribution is 5.94. The molecule has 1 amide bonds. The summed E-state index contributed by atoms with van der Waals surface area (Å²) in [5.41, 5.74) is 3.50. The van der Waals surface area contributed by atoms with E-state index in [-0.39, 0.29) is 11.3 Å². The van der Waals surface area contributed by atoms with Gasteiger partial charge < -0.3 is 19.3 Å². The van der Waals surface area contributed by atoms with Crippen LogP contribution in [0.25, 0.3) is 0 Å². The Morgan fingerprint density at radius 1 is 0.844 bits per heavy atom. The highest BCUT2D eigenvalue weighted by atomic mass is 16.5. The van der Waals surface area contributed by atoms with Crippen molar-refractivity contribution >= 4 is 5.91 Å². The maximum absolute atomic E-state index is 13.7. The van der Waals surface area contributed by atoms with Crippen LogP contribution in [0.15, 0.2) is 73.1 Å². The summed E-state index contributed by atoms with van der Waals surface area (Å²) in [6.07, 6.45) is 14.0. The summed E-state index contributed by atoms with van der Waals surface area (Å²) in [7, 11) is 0. The van der Waals surface area contributed by atoms with Gasteiger partial charge in [-0.2, -0.15) is 0 Å². The standard InChI is InChI=1S/C38H50N4O3/c43-37(34-11-7-12-35(29-34)44-27-8-23-40-21-5-6-22-40)42-24-17-38(18-25-42)16-4-3-10-33-9-1-2-13-36(33)45-28-26-41(31-38)30-32-14-19-39-20-15-32/h1-2,7,9,11-15,19-20,29H,3-6,8,10,16-18,21-28,30-31H2. The molecule has 2 saturated heterocycles. The molecule has 0 aliphatic carbocycles. The lowest BCUT2D eigenvalue weighted by Gasteiger charge is -2.45. The van der Waals surface area contributed by atoms with E-state index in [1.807, 2.05) is 36.7 Å². The number of hydrogen-bond acceptors (Lipinski definition) is 6. The second kappa shape index (κ2) is 15.7. The molecule has 0 radical (unpaired) electrons. The van der Waals surface area contributed by atoms with Crippen LogP contribution in [0.5, 0.6) is 11.5 Å². The van der Waals surface area contributed by atoms with Crippen molar-refractivity contribution in [2.24, 2.45) is 5.41 Å². The van der Waals surface area contributed by atoms with Crippen LogP contribution in [0.1, 0.15) is 72.9 Å². The van der Waals surface area contributed by atoms with Crippen molar-refractivity contribution in [2.75, 3.05) is 59.0 Å². The average molecular weight is 611 g/mol. The van der Waals surface area contributed by atoms with Gasteiger partial charge in [-0.15, -0.1) is 0 Å². The largest absolute Gasteiger partial charge is 0.494 e. The van der Waals surface area contributed by atoms with Crippen LogP contribution in [0, 0.1) is 5.41 Å². The third kappa shape index (κ3) is 8.86. The fraction of sp³-hybridized carbons (Fsp3) is 0.526. The number of aryl methyl sites for hydroxylation is 1. The fourth-order valence-corrected chi connectivity index (χ4v) is 7.44. The molecule has 0 N–H and O–H groups in total. The molecule has 3 aliphatic rings. The van der Waals surface area contributed by atoms with Gasteiger partial charge in [0.05, 0.1) is 6.61 Å². The summed E-state index contributed by atoms with van der Waals surface area (Å²) >= 11 is 0. The lowest BCUT2D eigenvalue weighted by Crippen LogP contribution is -2.48. The molecule has 3 aliphatic heterocycles. The number of nitrogens with zero attached hydrogens (tertiary/aromatic N) is 4. The Morgan fingerprint density at radius 3 is 2.51 bits per heavy atom. The fourth-order valence-electron chi connectivity index (χ4n) is 7.44. The Balaban J connectivity index is 1.08. The van der Waals surface area contributed by atoms with Gasteiger partial charge >= 0.3 is 0 Å². The number of likely N-dealkylation sites (tertiary alicyclic amines) is 2. The quantitative estimate of drug-likeness (QED) is 0.272. The van der Waals surface area contributed by atoms with E-state index < -0.39 is 0 Å². The number of benzene rings is 2. The normalized spacial score (nSPS) is 19.7. The first-order chi connectivity index (χ1) is 22.2. The predicted molar refractivity (Wildman–Crippen MR) is 179 cm³/mol. The molecule has 1 aromatic heterocycles. The molecule has 3 aromatic rings. The minimum atomic E-state index is 0.124. The molecule has 0 bridgehead atoms. The van der Waals surface area contributed by atoms with Gasteiger partial charge in [0.2, 0.25) is 0 Å². The Hall–Kier alpha value is -3.42. The van der Waals surface area contributed by atoms with E-state index >= 15 is 0 Å². The number of piperidine rings is 1. The molecular weight excluding hydrogens is 560 g/mol. The van der Waals surface area contributed by atoms with Gasteiger partial charge in [-0.25, -0.2) is 0 Å². The van der Waals surface area contributed by atoms with E-state index in [2.05, 4.69) is 56.1 Å². The zero-order valence-electron chi connectivity index (χ0n) is 26.9. The number of aromatic nitrogens is 1. The van der Waals surface area contributed by atoms with Gasteiger partial charge in [0, 0.05) is 57.2 Å². The van der Waals surface area contributed by atoms with Crippen molar-refractivity contribution in [1.29, 1.82) is 0 Å². The Labute approximate surface area is 269 Å². The number of amides is 1. The van der Waals surface area contributed by atoms with Crippen molar-refractivity contribution in [3.8, 4) is 11.5 Å². The van der Waals surface area contributed by atoms with Crippen LogP contribution in [0.4, 0.5) is 0 Å². The van der Waals surface area contributed by atoms with Crippen LogP contribution in [-0.2, 0) is 13.0 Å². The molecule has 0 saturated carbocycles. The summed E-state index contributed by atoms with van der Waals surface area (Å²) in [6, 6.07) is 20.6. The third-order valence-electron chi connectivity index (χ3n) is 10.0. The number of fused-ring (bicyclic) bond motifs is 1. The molecule has 1 spiro atoms. The maximum Gasteiger partial charge on any atom is 0.253 e. The predicted octanol–water partition coefficient (Wildman–Crippen LogP) is 6.48. The molecule has 6 rings (SSSR count).